The SMILES string of the molecule is CCOC(=O)Cc1cnc(CN)c(F)c1C(F)F. The standard InChI is InChI=1S/C11H13F3N2O2/c1-2-18-8(17)3-6-5-16-7(4-15)10(12)9(6)11(13)14/h5,11H,2-4,15H2,1H3. The Bertz CT molecular complexity index is 439. The minimum absolute atomic E-state index is 0.125. The highest BCUT2D eigenvalue weighted by molar-refractivity contribution is 5.73. The van der Waals surface area contributed by atoms with E-state index in [-0.39, 0.29) is 24.4 Å². The third-order valence-electron chi connectivity index (χ3n) is 2.26. The van der Waals surface area contributed by atoms with Gasteiger partial charge in [0, 0.05) is 12.7 Å². The molecule has 1 rings (SSSR count). The Kier molecular flexibility index (Phi) is 5.08. The van der Waals surface area contributed by atoms with Crippen molar-refractivity contribution < 1.29 is 22.7 Å². The van der Waals surface area contributed by atoms with Crippen molar-refractivity contribution in [3.05, 3.63) is 28.8 Å². The van der Waals surface area contributed by atoms with Gasteiger partial charge in [0.15, 0.2) is 5.82 Å². The number of hydrogen-bond donors (Lipinski definition) is 1. The van der Waals surface area contributed by atoms with Gasteiger partial charge in [-0.3, -0.25) is 9.78 Å². The van der Waals surface area contributed by atoms with Crippen LogP contribution in [-0.4, -0.2) is 17.6 Å². The average Bonchev–Trinajstić information content (AvgIpc) is 2.29. The zero-order valence-corrected chi connectivity index (χ0v) is 9.75. The zero-order valence-electron chi connectivity index (χ0n) is 9.75. The van der Waals surface area contributed by atoms with Gasteiger partial charge in [0.25, 0.3) is 6.43 Å². The monoisotopic (exact) mass is 262 g/mol. The molecule has 1 aromatic rings. The molecule has 0 saturated carbocycles. The molecule has 0 amide bonds. The maximum absolute atomic E-state index is 13.6. The summed E-state index contributed by atoms with van der Waals surface area (Å²) >= 11 is 0. The van der Waals surface area contributed by atoms with E-state index in [4.69, 9.17) is 5.73 Å². The molecule has 1 aromatic heterocycles. The number of alkyl halides is 2. The molecule has 0 bridgehead atoms. The summed E-state index contributed by atoms with van der Waals surface area (Å²) in [6, 6.07) is 0. The van der Waals surface area contributed by atoms with E-state index in [1.54, 1.807) is 6.92 Å². The number of carbonyl (C=O) groups excluding carboxylic acids is 1. The van der Waals surface area contributed by atoms with Gasteiger partial charge in [-0.15, -0.1) is 0 Å². The molecule has 0 saturated heterocycles. The molecule has 0 aliphatic carbocycles. The van der Waals surface area contributed by atoms with Crippen LogP contribution in [0, 0.1) is 5.82 Å². The van der Waals surface area contributed by atoms with Crippen molar-refractivity contribution in [2.45, 2.75) is 26.3 Å². The first kappa shape index (κ1) is 14.4. The van der Waals surface area contributed by atoms with Crippen LogP contribution >= 0.6 is 0 Å². The van der Waals surface area contributed by atoms with E-state index in [0.29, 0.717) is 0 Å². The molecule has 18 heavy (non-hydrogen) atoms. The first-order chi connectivity index (χ1) is 8.51. The Morgan fingerprint density at radius 3 is 2.72 bits per heavy atom. The lowest BCUT2D eigenvalue weighted by molar-refractivity contribution is -0.142. The van der Waals surface area contributed by atoms with Crippen LogP contribution in [0.3, 0.4) is 0 Å². The maximum atomic E-state index is 13.6. The van der Waals surface area contributed by atoms with E-state index in [1.807, 2.05) is 0 Å². The number of hydrogen-bond acceptors (Lipinski definition) is 4. The highest BCUT2D eigenvalue weighted by Crippen LogP contribution is 2.27. The number of nitrogens with two attached hydrogens (primary N) is 1. The zero-order chi connectivity index (χ0) is 13.7. The van der Waals surface area contributed by atoms with Crippen molar-refractivity contribution >= 4 is 5.97 Å². The number of halogens is 3. The minimum Gasteiger partial charge on any atom is -0.466 e. The third-order valence-corrected chi connectivity index (χ3v) is 2.26. The molecule has 0 fully saturated rings. The first-order valence-corrected chi connectivity index (χ1v) is 5.31. The lowest BCUT2D eigenvalue weighted by atomic mass is 10.1. The number of carbonyl (C=O) groups is 1. The second kappa shape index (κ2) is 6.34. The van der Waals surface area contributed by atoms with Crippen molar-refractivity contribution in [3.8, 4) is 0 Å². The van der Waals surface area contributed by atoms with Gasteiger partial charge in [-0.1, -0.05) is 0 Å². The Hall–Kier alpha value is -1.63. The molecule has 4 nitrogen and oxygen atoms in total. The van der Waals surface area contributed by atoms with E-state index < -0.39 is 30.2 Å². The Morgan fingerprint density at radius 1 is 1.56 bits per heavy atom. The van der Waals surface area contributed by atoms with Gasteiger partial charge in [0.1, 0.15) is 0 Å². The van der Waals surface area contributed by atoms with Crippen LogP contribution in [-0.2, 0) is 22.5 Å². The van der Waals surface area contributed by atoms with Crippen molar-refractivity contribution in [1.82, 2.24) is 4.98 Å². The summed E-state index contributed by atoms with van der Waals surface area (Å²) in [5.74, 6) is -1.87. The molecule has 0 unspecified atom stereocenters. The van der Waals surface area contributed by atoms with E-state index in [2.05, 4.69) is 9.72 Å². The van der Waals surface area contributed by atoms with Gasteiger partial charge in [0.2, 0.25) is 0 Å². The van der Waals surface area contributed by atoms with Gasteiger partial charge in [0.05, 0.1) is 24.3 Å². The second-order valence-corrected chi connectivity index (χ2v) is 3.44. The van der Waals surface area contributed by atoms with Crippen LogP contribution in [0.2, 0.25) is 0 Å². The predicted molar refractivity (Wildman–Crippen MR) is 57.4 cm³/mol. The quantitative estimate of drug-likeness (QED) is 0.820. The van der Waals surface area contributed by atoms with Crippen molar-refractivity contribution in [2.24, 2.45) is 5.73 Å². The average molecular weight is 262 g/mol. The van der Waals surface area contributed by atoms with Gasteiger partial charge in [-0.25, -0.2) is 13.2 Å². The number of pyridine rings is 1. The molecule has 0 radical (unpaired) electrons. The summed E-state index contributed by atoms with van der Waals surface area (Å²) in [6.07, 6.45) is -2.45. The van der Waals surface area contributed by atoms with E-state index >= 15 is 0 Å². The fourth-order valence-corrected chi connectivity index (χ4v) is 1.47. The first-order valence-electron chi connectivity index (χ1n) is 5.31. The lowest BCUT2D eigenvalue weighted by Gasteiger charge is -2.11. The molecule has 0 aromatic carbocycles. The van der Waals surface area contributed by atoms with Gasteiger partial charge in [-0.05, 0) is 12.5 Å². The fourth-order valence-electron chi connectivity index (χ4n) is 1.47. The fraction of sp³-hybridized carbons (Fsp3) is 0.455. The van der Waals surface area contributed by atoms with Crippen molar-refractivity contribution in [1.29, 1.82) is 0 Å². The van der Waals surface area contributed by atoms with Crippen LogP contribution in [0.25, 0.3) is 0 Å². The smallest absolute Gasteiger partial charge is 0.310 e. The van der Waals surface area contributed by atoms with Crippen LogP contribution in [0.15, 0.2) is 6.20 Å². The molecular weight excluding hydrogens is 249 g/mol. The van der Waals surface area contributed by atoms with E-state index in [1.165, 1.54) is 0 Å². The number of nitrogens with zero attached hydrogens (tertiary/aromatic N) is 1. The molecule has 0 spiro atoms. The molecule has 0 aliphatic heterocycles. The molecule has 100 valence electrons. The summed E-state index contributed by atoms with van der Waals surface area (Å²) in [4.78, 5) is 14.8. The Morgan fingerprint density at radius 2 is 2.22 bits per heavy atom. The van der Waals surface area contributed by atoms with Gasteiger partial charge < -0.3 is 10.5 Å². The number of aromatic nitrogens is 1. The topological polar surface area (TPSA) is 65.2 Å². The number of esters is 1. The normalized spacial score (nSPS) is 10.8. The lowest BCUT2D eigenvalue weighted by Crippen LogP contribution is -2.14. The summed E-state index contributed by atoms with van der Waals surface area (Å²) in [5.41, 5.74) is 3.91. The molecule has 7 heteroatoms. The van der Waals surface area contributed by atoms with Crippen LogP contribution in [0.4, 0.5) is 13.2 Å². The van der Waals surface area contributed by atoms with Crippen LogP contribution in [0.5, 0.6) is 0 Å². The number of ether oxygens (including phenoxy) is 1. The molecular formula is C11H13F3N2O2. The number of rotatable bonds is 5. The van der Waals surface area contributed by atoms with Crippen molar-refractivity contribution in [2.75, 3.05) is 6.61 Å². The molecule has 0 aliphatic rings. The van der Waals surface area contributed by atoms with Crippen LogP contribution < -0.4 is 5.73 Å². The molecule has 2 N–H and O–H groups in total. The Balaban J connectivity index is 3.11. The predicted octanol–water partition coefficient (Wildman–Crippen LogP) is 1.72. The summed E-state index contributed by atoms with van der Waals surface area (Å²) in [6.45, 7) is 1.42. The minimum atomic E-state index is -3.04. The third kappa shape index (κ3) is 3.19. The van der Waals surface area contributed by atoms with Gasteiger partial charge >= 0.3 is 5.97 Å². The van der Waals surface area contributed by atoms with Crippen molar-refractivity contribution in [3.63, 3.8) is 0 Å². The largest absolute Gasteiger partial charge is 0.466 e. The molecule has 1 heterocycles. The molecule has 0 atom stereocenters. The summed E-state index contributed by atoms with van der Waals surface area (Å²) in [7, 11) is 0. The summed E-state index contributed by atoms with van der Waals surface area (Å²) < 4.78 is 43.8. The highest BCUT2D eigenvalue weighted by atomic mass is 19.3. The highest BCUT2D eigenvalue weighted by Gasteiger charge is 2.23. The van der Waals surface area contributed by atoms with Gasteiger partial charge in [-0.2, -0.15) is 0 Å². The van der Waals surface area contributed by atoms with Crippen LogP contribution in [0.1, 0.15) is 30.2 Å². The van der Waals surface area contributed by atoms with E-state index in [0.717, 1.165) is 6.20 Å². The summed E-state index contributed by atoms with van der Waals surface area (Å²) in [5, 5.41) is 0. The maximum Gasteiger partial charge on any atom is 0.310 e. The second-order valence-electron chi connectivity index (χ2n) is 3.44. The van der Waals surface area contributed by atoms with E-state index in [9.17, 15) is 18.0 Å². The Labute approximate surface area is 102 Å².